The van der Waals surface area contributed by atoms with E-state index in [9.17, 15) is 4.79 Å². The van der Waals surface area contributed by atoms with Gasteiger partial charge in [0.1, 0.15) is 5.75 Å². The van der Waals surface area contributed by atoms with Crippen LogP contribution in [0.1, 0.15) is 18.5 Å². The predicted molar refractivity (Wildman–Crippen MR) is 74.1 cm³/mol. The standard InChI is InChI=1S/C14H21N3O2/c1-3-19-12-6-4-5-11(9-12)13-10-16(2)14(18)17(13)8-7-15/h4-6,9,13H,3,7-8,10,15H2,1-2H3. The summed E-state index contributed by atoms with van der Waals surface area (Å²) < 4.78 is 5.51. The lowest BCUT2D eigenvalue weighted by Gasteiger charge is -2.23. The van der Waals surface area contributed by atoms with Gasteiger partial charge in [-0.3, -0.25) is 0 Å². The second-order valence-electron chi connectivity index (χ2n) is 4.67. The molecule has 2 amide bonds. The molecule has 1 saturated heterocycles. The molecule has 0 saturated carbocycles. The van der Waals surface area contributed by atoms with Crippen LogP contribution >= 0.6 is 0 Å². The molecule has 1 heterocycles. The van der Waals surface area contributed by atoms with Crippen LogP contribution in [0, 0.1) is 0 Å². The van der Waals surface area contributed by atoms with Gasteiger partial charge in [0.2, 0.25) is 0 Å². The maximum Gasteiger partial charge on any atom is 0.320 e. The van der Waals surface area contributed by atoms with Gasteiger partial charge in [-0.15, -0.1) is 0 Å². The second-order valence-corrected chi connectivity index (χ2v) is 4.67. The summed E-state index contributed by atoms with van der Waals surface area (Å²) in [5.41, 5.74) is 6.69. The molecule has 1 aromatic rings. The zero-order valence-corrected chi connectivity index (χ0v) is 11.5. The van der Waals surface area contributed by atoms with E-state index in [2.05, 4.69) is 0 Å². The third-order valence-electron chi connectivity index (χ3n) is 3.32. The highest BCUT2D eigenvalue weighted by atomic mass is 16.5. The number of carbonyl (C=O) groups is 1. The average molecular weight is 263 g/mol. The van der Waals surface area contributed by atoms with Crippen molar-refractivity contribution in [1.29, 1.82) is 0 Å². The van der Waals surface area contributed by atoms with Gasteiger partial charge >= 0.3 is 6.03 Å². The monoisotopic (exact) mass is 263 g/mol. The first kappa shape index (κ1) is 13.7. The topological polar surface area (TPSA) is 58.8 Å². The van der Waals surface area contributed by atoms with E-state index in [4.69, 9.17) is 10.5 Å². The Labute approximate surface area is 113 Å². The van der Waals surface area contributed by atoms with Crippen LogP contribution in [-0.2, 0) is 0 Å². The summed E-state index contributed by atoms with van der Waals surface area (Å²) in [5, 5.41) is 0. The summed E-state index contributed by atoms with van der Waals surface area (Å²) in [7, 11) is 1.82. The number of carbonyl (C=O) groups excluding carboxylic acids is 1. The van der Waals surface area contributed by atoms with Gasteiger partial charge < -0.3 is 20.3 Å². The summed E-state index contributed by atoms with van der Waals surface area (Å²) in [6.07, 6.45) is 0. The van der Waals surface area contributed by atoms with Crippen LogP contribution in [-0.4, -0.2) is 49.1 Å². The van der Waals surface area contributed by atoms with E-state index in [1.54, 1.807) is 4.90 Å². The molecule has 1 aliphatic rings. The van der Waals surface area contributed by atoms with Gasteiger partial charge in [-0.05, 0) is 24.6 Å². The number of urea groups is 1. The Hall–Kier alpha value is -1.75. The highest BCUT2D eigenvalue weighted by Crippen LogP contribution is 2.30. The van der Waals surface area contributed by atoms with E-state index in [0.29, 0.717) is 26.2 Å². The number of rotatable bonds is 5. The van der Waals surface area contributed by atoms with Crippen molar-refractivity contribution in [3.63, 3.8) is 0 Å². The molecule has 2 N–H and O–H groups in total. The fraction of sp³-hybridized carbons (Fsp3) is 0.500. The minimum atomic E-state index is 0.0391. The minimum absolute atomic E-state index is 0.0391. The summed E-state index contributed by atoms with van der Waals surface area (Å²) in [4.78, 5) is 15.6. The van der Waals surface area contributed by atoms with Gasteiger partial charge in [0.15, 0.2) is 0 Å². The lowest BCUT2D eigenvalue weighted by molar-refractivity contribution is 0.192. The number of nitrogens with zero attached hydrogens (tertiary/aromatic N) is 2. The van der Waals surface area contributed by atoms with Crippen LogP contribution in [0.15, 0.2) is 24.3 Å². The van der Waals surface area contributed by atoms with E-state index in [-0.39, 0.29) is 12.1 Å². The number of hydrogen-bond acceptors (Lipinski definition) is 3. The molecule has 1 atom stereocenters. The van der Waals surface area contributed by atoms with E-state index < -0.39 is 0 Å². The van der Waals surface area contributed by atoms with Crippen LogP contribution in [0.4, 0.5) is 4.79 Å². The summed E-state index contributed by atoms with van der Waals surface area (Å²) >= 11 is 0. The molecule has 104 valence electrons. The molecule has 0 spiro atoms. The Balaban J connectivity index is 2.24. The van der Waals surface area contributed by atoms with Crippen molar-refractivity contribution in [2.75, 3.05) is 33.3 Å². The van der Waals surface area contributed by atoms with Crippen molar-refractivity contribution in [3.8, 4) is 5.75 Å². The van der Waals surface area contributed by atoms with Crippen LogP contribution in [0.2, 0.25) is 0 Å². The Kier molecular flexibility index (Phi) is 4.27. The predicted octanol–water partition coefficient (Wildman–Crippen LogP) is 1.45. The zero-order chi connectivity index (χ0) is 13.8. The van der Waals surface area contributed by atoms with Crippen LogP contribution in [0.5, 0.6) is 5.75 Å². The number of ether oxygens (including phenoxy) is 1. The molecule has 5 heteroatoms. The molecule has 1 fully saturated rings. The van der Waals surface area contributed by atoms with Crippen molar-refractivity contribution in [2.24, 2.45) is 5.73 Å². The van der Waals surface area contributed by atoms with E-state index in [0.717, 1.165) is 11.3 Å². The van der Waals surface area contributed by atoms with Gasteiger partial charge in [-0.25, -0.2) is 4.79 Å². The van der Waals surface area contributed by atoms with E-state index >= 15 is 0 Å². The number of amides is 2. The fourth-order valence-electron chi connectivity index (χ4n) is 2.44. The lowest BCUT2D eigenvalue weighted by atomic mass is 10.1. The van der Waals surface area contributed by atoms with Crippen molar-refractivity contribution in [3.05, 3.63) is 29.8 Å². The minimum Gasteiger partial charge on any atom is -0.494 e. The SMILES string of the molecule is CCOc1cccc(C2CN(C)C(=O)N2CCN)c1. The Bertz CT molecular complexity index is 450. The molecule has 19 heavy (non-hydrogen) atoms. The maximum absolute atomic E-state index is 12.1. The van der Waals surface area contributed by atoms with Crippen LogP contribution < -0.4 is 10.5 Å². The van der Waals surface area contributed by atoms with Gasteiger partial charge in [-0.1, -0.05) is 12.1 Å². The Morgan fingerprint density at radius 2 is 2.26 bits per heavy atom. The smallest absolute Gasteiger partial charge is 0.320 e. The van der Waals surface area contributed by atoms with Crippen molar-refractivity contribution < 1.29 is 9.53 Å². The highest BCUT2D eigenvalue weighted by Gasteiger charge is 2.35. The quantitative estimate of drug-likeness (QED) is 0.874. The molecule has 5 nitrogen and oxygen atoms in total. The molecule has 0 aliphatic carbocycles. The molecule has 0 bridgehead atoms. The first-order valence-electron chi connectivity index (χ1n) is 6.62. The summed E-state index contributed by atoms with van der Waals surface area (Å²) in [6, 6.07) is 8.02. The molecule has 1 aromatic carbocycles. The third-order valence-corrected chi connectivity index (χ3v) is 3.32. The first-order chi connectivity index (χ1) is 9.17. The summed E-state index contributed by atoms with van der Waals surface area (Å²) in [6.45, 7) is 4.34. The lowest BCUT2D eigenvalue weighted by Crippen LogP contribution is -2.34. The Morgan fingerprint density at radius 3 is 2.95 bits per heavy atom. The van der Waals surface area contributed by atoms with Gasteiger partial charge in [0, 0.05) is 26.7 Å². The van der Waals surface area contributed by atoms with Gasteiger partial charge in [0.25, 0.3) is 0 Å². The van der Waals surface area contributed by atoms with Crippen molar-refractivity contribution in [2.45, 2.75) is 13.0 Å². The largest absolute Gasteiger partial charge is 0.494 e. The summed E-state index contributed by atoms with van der Waals surface area (Å²) in [5.74, 6) is 0.842. The molecule has 1 unspecified atom stereocenters. The van der Waals surface area contributed by atoms with Crippen LogP contribution in [0.3, 0.4) is 0 Å². The Morgan fingerprint density at radius 1 is 1.47 bits per heavy atom. The van der Waals surface area contributed by atoms with E-state index in [1.165, 1.54) is 0 Å². The van der Waals surface area contributed by atoms with Crippen molar-refractivity contribution >= 4 is 6.03 Å². The second kappa shape index (κ2) is 5.93. The van der Waals surface area contributed by atoms with Crippen molar-refractivity contribution in [1.82, 2.24) is 9.80 Å². The number of likely N-dealkylation sites (N-methyl/N-ethyl adjacent to an activating group) is 1. The highest BCUT2D eigenvalue weighted by molar-refractivity contribution is 5.77. The number of hydrogen-bond donors (Lipinski definition) is 1. The molecule has 0 aromatic heterocycles. The van der Waals surface area contributed by atoms with Gasteiger partial charge in [-0.2, -0.15) is 0 Å². The molecular weight excluding hydrogens is 242 g/mol. The zero-order valence-electron chi connectivity index (χ0n) is 11.5. The fourth-order valence-corrected chi connectivity index (χ4v) is 2.44. The average Bonchev–Trinajstić information content (AvgIpc) is 2.68. The first-order valence-corrected chi connectivity index (χ1v) is 6.62. The maximum atomic E-state index is 12.1. The molecule has 2 rings (SSSR count). The van der Waals surface area contributed by atoms with Crippen LogP contribution in [0.25, 0.3) is 0 Å². The van der Waals surface area contributed by atoms with E-state index in [1.807, 2.05) is 43.1 Å². The number of benzene rings is 1. The normalized spacial score (nSPS) is 19.1. The molecular formula is C14H21N3O2. The third kappa shape index (κ3) is 2.81. The van der Waals surface area contributed by atoms with Gasteiger partial charge in [0.05, 0.1) is 12.6 Å². The molecule has 0 radical (unpaired) electrons. The molecule has 1 aliphatic heterocycles. The number of nitrogens with two attached hydrogens (primary N) is 1.